The molecule has 0 aliphatic carbocycles. The van der Waals surface area contributed by atoms with Crippen LogP contribution >= 0.6 is 39.3 Å². The minimum Gasteiger partial charge on any atom is -0.317 e. The number of hydrogen-bond acceptors (Lipinski definition) is 3. The number of amides is 1. The molecule has 0 bridgehead atoms. The SMILES string of the molecule is Cc1cc(C)cc(-n2c(C)c(Br)c(/C=N\NC(=O)CSCc3ccc(Cl)cc3)c2C)c1. The van der Waals surface area contributed by atoms with E-state index in [1.165, 1.54) is 22.9 Å². The van der Waals surface area contributed by atoms with E-state index in [0.29, 0.717) is 10.8 Å². The van der Waals surface area contributed by atoms with Crippen LogP contribution in [0.25, 0.3) is 5.69 Å². The normalized spacial score (nSPS) is 11.3. The maximum atomic E-state index is 12.1. The van der Waals surface area contributed by atoms with Crippen LogP contribution in [0, 0.1) is 27.7 Å². The third kappa shape index (κ3) is 6.03. The molecule has 3 rings (SSSR count). The summed E-state index contributed by atoms with van der Waals surface area (Å²) in [5.74, 6) is 0.953. The van der Waals surface area contributed by atoms with Gasteiger partial charge in [-0.1, -0.05) is 29.8 Å². The molecule has 0 aliphatic rings. The zero-order chi connectivity index (χ0) is 22.5. The van der Waals surface area contributed by atoms with Gasteiger partial charge < -0.3 is 4.57 Å². The van der Waals surface area contributed by atoms with Gasteiger partial charge in [-0.3, -0.25) is 4.79 Å². The van der Waals surface area contributed by atoms with Gasteiger partial charge in [0.25, 0.3) is 0 Å². The van der Waals surface area contributed by atoms with E-state index in [0.717, 1.165) is 38.4 Å². The molecule has 1 amide bonds. The zero-order valence-corrected chi connectivity index (χ0v) is 21.2. The van der Waals surface area contributed by atoms with Gasteiger partial charge in [0.15, 0.2) is 0 Å². The van der Waals surface area contributed by atoms with Crippen molar-refractivity contribution < 1.29 is 4.79 Å². The highest BCUT2D eigenvalue weighted by Gasteiger charge is 2.16. The molecule has 1 heterocycles. The molecule has 0 unspecified atom stereocenters. The highest BCUT2D eigenvalue weighted by molar-refractivity contribution is 9.10. The van der Waals surface area contributed by atoms with Gasteiger partial charge in [-0.25, -0.2) is 5.43 Å². The predicted octanol–water partition coefficient (Wildman–Crippen LogP) is 6.51. The topological polar surface area (TPSA) is 46.4 Å². The number of carbonyl (C=O) groups is 1. The Morgan fingerprint density at radius 3 is 2.39 bits per heavy atom. The van der Waals surface area contributed by atoms with Crippen LogP contribution in [0.4, 0.5) is 0 Å². The molecule has 31 heavy (non-hydrogen) atoms. The van der Waals surface area contributed by atoms with Crippen molar-refractivity contribution in [1.82, 2.24) is 9.99 Å². The molecule has 0 saturated heterocycles. The Hall–Kier alpha value is -2.02. The number of hydrogen-bond donors (Lipinski definition) is 1. The number of thioether (sulfide) groups is 1. The maximum Gasteiger partial charge on any atom is 0.250 e. The van der Waals surface area contributed by atoms with Crippen LogP contribution in [0.1, 0.15) is 33.6 Å². The Labute approximate surface area is 201 Å². The molecule has 1 N–H and O–H groups in total. The van der Waals surface area contributed by atoms with Crippen molar-refractivity contribution in [1.29, 1.82) is 0 Å². The fourth-order valence-corrected chi connectivity index (χ4v) is 4.96. The second-order valence-corrected chi connectivity index (χ2v) is 9.71. The van der Waals surface area contributed by atoms with Gasteiger partial charge in [0.1, 0.15) is 0 Å². The minimum absolute atomic E-state index is 0.130. The molecule has 7 heteroatoms. The number of nitrogens with zero attached hydrogens (tertiary/aromatic N) is 2. The number of halogens is 2. The molecule has 3 aromatic rings. The number of aromatic nitrogens is 1. The maximum absolute atomic E-state index is 12.1. The van der Waals surface area contributed by atoms with E-state index in [1.54, 1.807) is 6.21 Å². The lowest BCUT2D eigenvalue weighted by atomic mass is 10.1. The van der Waals surface area contributed by atoms with Crippen LogP contribution in [0.2, 0.25) is 5.02 Å². The Kier molecular flexibility index (Phi) is 8.03. The van der Waals surface area contributed by atoms with Crippen molar-refractivity contribution in [3.05, 3.63) is 85.6 Å². The quantitative estimate of drug-likeness (QED) is 0.286. The summed E-state index contributed by atoms with van der Waals surface area (Å²) in [6.07, 6.45) is 1.70. The molecule has 1 aromatic heterocycles. The van der Waals surface area contributed by atoms with Crippen molar-refractivity contribution in [3.8, 4) is 5.69 Å². The van der Waals surface area contributed by atoms with E-state index in [9.17, 15) is 4.79 Å². The molecular weight excluding hydrogens is 494 g/mol. The summed E-state index contributed by atoms with van der Waals surface area (Å²) in [4.78, 5) is 12.1. The summed E-state index contributed by atoms with van der Waals surface area (Å²) >= 11 is 11.1. The summed E-state index contributed by atoms with van der Waals surface area (Å²) < 4.78 is 3.18. The van der Waals surface area contributed by atoms with Crippen LogP contribution in [-0.2, 0) is 10.5 Å². The number of carbonyl (C=O) groups excluding carboxylic acids is 1. The van der Waals surface area contributed by atoms with Crippen LogP contribution in [0.3, 0.4) is 0 Å². The summed E-state index contributed by atoms with van der Waals surface area (Å²) in [5, 5.41) is 4.90. The molecule has 0 radical (unpaired) electrons. The monoisotopic (exact) mass is 517 g/mol. The first-order valence-electron chi connectivity index (χ1n) is 9.86. The van der Waals surface area contributed by atoms with Crippen LogP contribution in [-0.4, -0.2) is 22.4 Å². The Bertz CT molecular complexity index is 1100. The van der Waals surface area contributed by atoms with Crippen LogP contribution in [0.15, 0.2) is 52.0 Å². The van der Waals surface area contributed by atoms with Gasteiger partial charge in [-0.2, -0.15) is 5.10 Å². The average molecular weight is 519 g/mol. The zero-order valence-electron chi connectivity index (χ0n) is 18.0. The number of aryl methyl sites for hydroxylation is 2. The van der Waals surface area contributed by atoms with Gasteiger partial charge in [0, 0.05) is 37.9 Å². The third-order valence-corrected chi connectivity index (χ3v) is 7.13. The third-order valence-electron chi connectivity index (χ3n) is 4.88. The van der Waals surface area contributed by atoms with Crippen molar-refractivity contribution >= 4 is 51.4 Å². The van der Waals surface area contributed by atoms with E-state index in [4.69, 9.17) is 11.6 Å². The molecule has 2 aromatic carbocycles. The highest BCUT2D eigenvalue weighted by atomic mass is 79.9. The van der Waals surface area contributed by atoms with E-state index in [1.807, 2.05) is 24.3 Å². The first kappa shape index (κ1) is 23.6. The summed E-state index contributed by atoms with van der Waals surface area (Å²) in [6, 6.07) is 14.1. The Morgan fingerprint density at radius 1 is 1.10 bits per heavy atom. The van der Waals surface area contributed by atoms with Crippen molar-refractivity contribution in [2.75, 3.05) is 5.75 Å². The van der Waals surface area contributed by atoms with E-state index >= 15 is 0 Å². The van der Waals surface area contributed by atoms with Crippen LogP contribution < -0.4 is 5.43 Å². The van der Waals surface area contributed by atoms with Gasteiger partial charge in [0.05, 0.1) is 12.0 Å². The van der Waals surface area contributed by atoms with E-state index in [-0.39, 0.29) is 5.91 Å². The molecule has 0 aliphatic heterocycles. The average Bonchev–Trinajstić information content (AvgIpc) is 2.92. The molecular formula is C24H25BrClN3OS. The fourth-order valence-electron chi connectivity index (χ4n) is 3.48. The molecule has 0 spiro atoms. The number of rotatable bonds is 7. The second kappa shape index (κ2) is 10.5. The van der Waals surface area contributed by atoms with Gasteiger partial charge in [0.2, 0.25) is 5.91 Å². The van der Waals surface area contributed by atoms with E-state index in [2.05, 4.69) is 76.9 Å². The second-order valence-electron chi connectivity index (χ2n) is 7.49. The number of benzene rings is 2. The fraction of sp³-hybridized carbons (Fsp3) is 0.250. The standard InChI is InChI=1S/C24H25BrClN3OS/c1-15-9-16(2)11-21(10-15)29-17(3)22(24(25)18(29)4)12-27-28-23(30)14-31-13-19-5-7-20(26)8-6-19/h5-12H,13-14H2,1-4H3,(H,28,30)/b27-12-. The van der Waals surface area contributed by atoms with Crippen molar-refractivity contribution in [2.24, 2.45) is 5.10 Å². The molecule has 0 saturated carbocycles. The molecule has 0 atom stereocenters. The molecule has 4 nitrogen and oxygen atoms in total. The highest BCUT2D eigenvalue weighted by Crippen LogP contribution is 2.30. The largest absolute Gasteiger partial charge is 0.317 e. The summed E-state index contributed by atoms with van der Waals surface area (Å²) in [6.45, 7) is 8.32. The summed E-state index contributed by atoms with van der Waals surface area (Å²) in [7, 11) is 0. The van der Waals surface area contributed by atoms with Crippen molar-refractivity contribution in [2.45, 2.75) is 33.4 Å². The Morgan fingerprint density at radius 2 is 1.74 bits per heavy atom. The predicted molar refractivity (Wildman–Crippen MR) is 136 cm³/mol. The van der Waals surface area contributed by atoms with Gasteiger partial charge in [-0.05, 0) is 84.6 Å². The van der Waals surface area contributed by atoms with Crippen LogP contribution in [0.5, 0.6) is 0 Å². The lowest BCUT2D eigenvalue weighted by molar-refractivity contribution is -0.118. The lowest BCUT2D eigenvalue weighted by Gasteiger charge is -2.11. The number of nitrogens with one attached hydrogen (secondary N) is 1. The van der Waals surface area contributed by atoms with E-state index < -0.39 is 0 Å². The summed E-state index contributed by atoms with van der Waals surface area (Å²) in [5.41, 5.74) is 10.4. The van der Waals surface area contributed by atoms with Crippen molar-refractivity contribution in [3.63, 3.8) is 0 Å². The smallest absolute Gasteiger partial charge is 0.250 e. The lowest BCUT2D eigenvalue weighted by Crippen LogP contribution is -2.19. The number of hydrazone groups is 1. The Balaban J connectivity index is 1.64. The minimum atomic E-state index is -0.130. The molecule has 162 valence electrons. The molecule has 0 fully saturated rings. The first-order valence-corrected chi connectivity index (χ1v) is 12.2. The van der Waals surface area contributed by atoms with Gasteiger partial charge >= 0.3 is 0 Å². The van der Waals surface area contributed by atoms with Gasteiger partial charge in [-0.15, -0.1) is 11.8 Å². The first-order chi connectivity index (χ1) is 14.8.